The first kappa shape index (κ1) is 13.6. The molecule has 1 aromatic heterocycles. The summed E-state index contributed by atoms with van der Waals surface area (Å²) in [7, 11) is 0. The van der Waals surface area contributed by atoms with E-state index in [1.54, 1.807) is 12.1 Å². The van der Waals surface area contributed by atoms with Gasteiger partial charge in [-0.15, -0.1) is 0 Å². The van der Waals surface area contributed by atoms with E-state index in [0.717, 1.165) is 22.5 Å². The van der Waals surface area contributed by atoms with Crippen LogP contribution in [0.2, 0.25) is 0 Å². The van der Waals surface area contributed by atoms with Crippen LogP contribution >= 0.6 is 0 Å². The van der Waals surface area contributed by atoms with Gasteiger partial charge in [-0.3, -0.25) is 4.57 Å². The number of nitrogens with zero attached hydrogens (tertiary/aromatic N) is 2. The molecule has 108 valence electrons. The molecule has 0 spiro atoms. The summed E-state index contributed by atoms with van der Waals surface area (Å²) < 4.78 is 15.3. The fourth-order valence-electron chi connectivity index (χ4n) is 2.45. The van der Waals surface area contributed by atoms with Crippen LogP contribution in [0.1, 0.15) is 26.6 Å². The van der Waals surface area contributed by atoms with Crippen LogP contribution in [0.15, 0.2) is 42.5 Å². The standard InChI is InChI=1S/C17H18FN3/c1-17(2,3)16-20-14-10-12(19)6-9-15(14)21(16)13-7-4-11(18)5-8-13/h4-10H,19H2,1-3H3. The summed E-state index contributed by atoms with van der Waals surface area (Å²) in [5.41, 5.74) is 9.12. The second-order valence-corrected chi connectivity index (χ2v) is 6.25. The molecule has 0 saturated carbocycles. The SMILES string of the molecule is CC(C)(C)c1nc2cc(N)ccc2n1-c1ccc(F)cc1. The number of halogens is 1. The number of imidazole rings is 1. The highest BCUT2D eigenvalue weighted by molar-refractivity contribution is 5.81. The van der Waals surface area contributed by atoms with E-state index in [2.05, 4.69) is 25.3 Å². The molecule has 0 unspecified atom stereocenters. The first-order valence-electron chi connectivity index (χ1n) is 6.91. The third-order valence-electron chi connectivity index (χ3n) is 3.43. The van der Waals surface area contributed by atoms with Crippen molar-refractivity contribution in [2.75, 3.05) is 5.73 Å². The molecule has 0 fully saturated rings. The number of anilines is 1. The van der Waals surface area contributed by atoms with Crippen molar-refractivity contribution in [2.24, 2.45) is 0 Å². The molecule has 0 aliphatic heterocycles. The first-order chi connectivity index (χ1) is 9.86. The molecule has 1 heterocycles. The molecule has 0 aliphatic carbocycles. The van der Waals surface area contributed by atoms with Crippen molar-refractivity contribution in [2.45, 2.75) is 26.2 Å². The summed E-state index contributed by atoms with van der Waals surface area (Å²) in [5.74, 6) is 0.680. The zero-order valence-corrected chi connectivity index (χ0v) is 12.4. The van der Waals surface area contributed by atoms with Gasteiger partial charge < -0.3 is 5.73 Å². The molecule has 0 amide bonds. The molecular weight excluding hydrogens is 265 g/mol. The monoisotopic (exact) mass is 283 g/mol. The quantitative estimate of drug-likeness (QED) is 0.685. The molecule has 3 rings (SSSR count). The van der Waals surface area contributed by atoms with E-state index in [1.807, 2.05) is 18.2 Å². The Labute approximate surface area is 123 Å². The van der Waals surface area contributed by atoms with Crippen molar-refractivity contribution in [3.63, 3.8) is 0 Å². The number of benzene rings is 2. The molecule has 0 radical (unpaired) electrons. The second-order valence-electron chi connectivity index (χ2n) is 6.25. The largest absolute Gasteiger partial charge is 0.399 e. The molecule has 0 atom stereocenters. The average Bonchev–Trinajstić information content (AvgIpc) is 2.78. The van der Waals surface area contributed by atoms with E-state index in [4.69, 9.17) is 10.7 Å². The average molecular weight is 283 g/mol. The van der Waals surface area contributed by atoms with Gasteiger partial charge in [0.05, 0.1) is 11.0 Å². The first-order valence-corrected chi connectivity index (χ1v) is 6.91. The summed E-state index contributed by atoms with van der Waals surface area (Å²) in [5, 5.41) is 0. The molecule has 0 bridgehead atoms. The Bertz CT molecular complexity index is 795. The van der Waals surface area contributed by atoms with Gasteiger partial charge in [0.2, 0.25) is 0 Å². The Morgan fingerprint density at radius 1 is 1.05 bits per heavy atom. The molecule has 0 saturated heterocycles. The third kappa shape index (κ3) is 2.37. The van der Waals surface area contributed by atoms with Gasteiger partial charge >= 0.3 is 0 Å². The third-order valence-corrected chi connectivity index (χ3v) is 3.43. The summed E-state index contributed by atoms with van der Waals surface area (Å²) in [6.45, 7) is 6.33. The van der Waals surface area contributed by atoms with Crippen LogP contribution in [0, 0.1) is 5.82 Å². The molecule has 3 aromatic rings. The Morgan fingerprint density at radius 3 is 2.33 bits per heavy atom. The van der Waals surface area contributed by atoms with Gasteiger partial charge in [0.1, 0.15) is 11.6 Å². The maximum absolute atomic E-state index is 13.2. The Hall–Kier alpha value is -2.36. The molecule has 21 heavy (non-hydrogen) atoms. The van der Waals surface area contributed by atoms with Crippen molar-refractivity contribution in [1.82, 2.24) is 9.55 Å². The minimum atomic E-state index is -0.246. The van der Waals surface area contributed by atoms with Crippen LogP contribution in [0.3, 0.4) is 0 Å². The lowest BCUT2D eigenvalue weighted by Crippen LogP contribution is -2.18. The summed E-state index contributed by atoms with van der Waals surface area (Å²) in [6.07, 6.45) is 0. The lowest BCUT2D eigenvalue weighted by atomic mass is 9.95. The molecule has 3 nitrogen and oxygen atoms in total. The smallest absolute Gasteiger partial charge is 0.123 e. The van der Waals surface area contributed by atoms with Crippen LogP contribution in [-0.4, -0.2) is 9.55 Å². The summed E-state index contributed by atoms with van der Waals surface area (Å²) >= 11 is 0. The van der Waals surface area contributed by atoms with E-state index in [-0.39, 0.29) is 11.2 Å². The second kappa shape index (κ2) is 4.58. The van der Waals surface area contributed by atoms with Crippen LogP contribution in [-0.2, 0) is 5.41 Å². The van der Waals surface area contributed by atoms with Gasteiger partial charge in [-0.2, -0.15) is 0 Å². The van der Waals surface area contributed by atoms with E-state index in [0.29, 0.717) is 5.69 Å². The van der Waals surface area contributed by atoms with Crippen molar-refractivity contribution in [3.8, 4) is 5.69 Å². The van der Waals surface area contributed by atoms with Gasteiger partial charge in [0, 0.05) is 16.8 Å². The zero-order valence-electron chi connectivity index (χ0n) is 12.4. The lowest BCUT2D eigenvalue weighted by Gasteiger charge is -2.20. The molecule has 0 aliphatic rings. The highest BCUT2D eigenvalue weighted by atomic mass is 19.1. The zero-order chi connectivity index (χ0) is 15.2. The lowest BCUT2D eigenvalue weighted by molar-refractivity contribution is 0.539. The Kier molecular flexibility index (Phi) is 2.97. The highest BCUT2D eigenvalue weighted by Gasteiger charge is 2.23. The Balaban J connectivity index is 2.35. The number of rotatable bonds is 1. The molecule has 4 heteroatoms. The van der Waals surface area contributed by atoms with Crippen molar-refractivity contribution >= 4 is 16.7 Å². The van der Waals surface area contributed by atoms with Gasteiger partial charge in [-0.1, -0.05) is 20.8 Å². The number of nitrogens with two attached hydrogens (primary N) is 1. The number of hydrogen-bond acceptors (Lipinski definition) is 2. The maximum Gasteiger partial charge on any atom is 0.123 e. The summed E-state index contributed by atoms with van der Waals surface area (Å²) in [6, 6.07) is 12.1. The summed E-state index contributed by atoms with van der Waals surface area (Å²) in [4.78, 5) is 4.73. The highest BCUT2D eigenvalue weighted by Crippen LogP contribution is 2.30. The van der Waals surface area contributed by atoms with E-state index in [1.165, 1.54) is 12.1 Å². The normalized spacial score (nSPS) is 12.0. The van der Waals surface area contributed by atoms with E-state index < -0.39 is 0 Å². The predicted molar refractivity (Wildman–Crippen MR) is 84.1 cm³/mol. The van der Waals surface area contributed by atoms with Gasteiger partial charge in [0.15, 0.2) is 0 Å². The van der Waals surface area contributed by atoms with Crippen LogP contribution < -0.4 is 5.73 Å². The fourth-order valence-corrected chi connectivity index (χ4v) is 2.45. The molecular formula is C17H18FN3. The number of aromatic nitrogens is 2. The van der Waals surface area contributed by atoms with Crippen LogP contribution in [0.5, 0.6) is 0 Å². The van der Waals surface area contributed by atoms with Gasteiger partial charge in [-0.05, 0) is 42.5 Å². The maximum atomic E-state index is 13.2. The van der Waals surface area contributed by atoms with Crippen LogP contribution in [0.4, 0.5) is 10.1 Å². The van der Waals surface area contributed by atoms with Crippen LogP contribution in [0.25, 0.3) is 16.7 Å². The van der Waals surface area contributed by atoms with Crippen molar-refractivity contribution < 1.29 is 4.39 Å². The number of fused-ring (bicyclic) bond motifs is 1. The van der Waals surface area contributed by atoms with Gasteiger partial charge in [0.25, 0.3) is 0 Å². The number of nitrogen functional groups attached to an aromatic ring is 1. The Morgan fingerprint density at radius 2 is 1.71 bits per heavy atom. The van der Waals surface area contributed by atoms with E-state index >= 15 is 0 Å². The molecule has 2 aromatic carbocycles. The number of hydrogen-bond donors (Lipinski definition) is 1. The molecule has 2 N–H and O–H groups in total. The predicted octanol–water partition coefficient (Wildman–Crippen LogP) is 4.04. The van der Waals surface area contributed by atoms with E-state index in [9.17, 15) is 4.39 Å². The fraction of sp³-hybridized carbons (Fsp3) is 0.235. The minimum Gasteiger partial charge on any atom is -0.399 e. The minimum absolute atomic E-state index is 0.137. The van der Waals surface area contributed by atoms with Crippen molar-refractivity contribution in [1.29, 1.82) is 0 Å². The van der Waals surface area contributed by atoms with Gasteiger partial charge in [-0.25, -0.2) is 9.37 Å². The van der Waals surface area contributed by atoms with Crippen molar-refractivity contribution in [3.05, 3.63) is 54.1 Å². The topological polar surface area (TPSA) is 43.8 Å².